The van der Waals surface area contributed by atoms with Crippen LogP contribution in [0, 0.1) is 6.92 Å². The van der Waals surface area contributed by atoms with Gasteiger partial charge in [-0.05, 0) is 19.8 Å². The predicted octanol–water partition coefficient (Wildman–Crippen LogP) is 2.93. The average molecular weight is 293 g/mol. The number of likely N-dealkylation sites (tertiary alicyclic amines) is 1. The highest BCUT2D eigenvalue weighted by Gasteiger charge is 2.27. The van der Waals surface area contributed by atoms with Gasteiger partial charge in [-0.25, -0.2) is 4.98 Å². The van der Waals surface area contributed by atoms with Gasteiger partial charge in [-0.2, -0.15) is 0 Å². The number of thiazole rings is 2. The van der Waals surface area contributed by atoms with Gasteiger partial charge < -0.3 is 4.90 Å². The fraction of sp³-hybridized carbons (Fsp3) is 0.462. The van der Waals surface area contributed by atoms with Crippen molar-refractivity contribution in [1.82, 2.24) is 14.9 Å². The fourth-order valence-electron chi connectivity index (χ4n) is 2.40. The lowest BCUT2D eigenvalue weighted by molar-refractivity contribution is 0.0711. The topological polar surface area (TPSA) is 46.1 Å². The Bertz CT molecular complexity index is 564. The summed E-state index contributed by atoms with van der Waals surface area (Å²) >= 11 is 3.12. The van der Waals surface area contributed by atoms with Gasteiger partial charge in [-0.1, -0.05) is 0 Å². The van der Waals surface area contributed by atoms with Crippen molar-refractivity contribution in [3.63, 3.8) is 0 Å². The van der Waals surface area contributed by atoms with Crippen LogP contribution in [0.3, 0.4) is 0 Å². The zero-order valence-corrected chi connectivity index (χ0v) is 12.3. The number of rotatable bonds is 2. The van der Waals surface area contributed by atoms with Gasteiger partial charge >= 0.3 is 0 Å². The van der Waals surface area contributed by atoms with Gasteiger partial charge in [0.05, 0.1) is 16.7 Å². The highest BCUT2D eigenvalue weighted by molar-refractivity contribution is 7.11. The quantitative estimate of drug-likeness (QED) is 0.855. The molecule has 0 aliphatic carbocycles. The second-order valence-corrected chi connectivity index (χ2v) is 6.56. The number of hydrogen-bond acceptors (Lipinski definition) is 5. The minimum atomic E-state index is 0.112. The lowest BCUT2D eigenvalue weighted by atomic mass is 9.98. The molecule has 1 amide bonds. The van der Waals surface area contributed by atoms with E-state index in [4.69, 9.17) is 0 Å². The SMILES string of the molecule is Cc1csc([C@H]2CCCN(C(=O)c3cncs3)C2)n1. The first-order valence-corrected chi connectivity index (χ1v) is 8.10. The Morgan fingerprint density at radius 2 is 2.37 bits per heavy atom. The van der Waals surface area contributed by atoms with E-state index in [9.17, 15) is 4.79 Å². The zero-order chi connectivity index (χ0) is 13.2. The zero-order valence-electron chi connectivity index (χ0n) is 10.7. The van der Waals surface area contributed by atoms with E-state index in [1.807, 2.05) is 11.8 Å². The highest BCUT2D eigenvalue weighted by atomic mass is 32.1. The summed E-state index contributed by atoms with van der Waals surface area (Å²) < 4.78 is 0. The third kappa shape index (κ3) is 2.69. The number of aryl methyl sites for hydroxylation is 1. The maximum Gasteiger partial charge on any atom is 0.265 e. The summed E-state index contributed by atoms with van der Waals surface area (Å²) in [5.41, 5.74) is 2.78. The number of carbonyl (C=O) groups excluding carboxylic acids is 1. The van der Waals surface area contributed by atoms with Crippen LogP contribution in [-0.2, 0) is 0 Å². The van der Waals surface area contributed by atoms with Gasteiger partial charge in [0.25, 0.3) is 5.91 Å². The lowest BCUT2D eigenvalue weighted by Gasteiger charge is -2.31. The molecule has 0 N–H and O–H groups in total. The molecule has 0 aromatic carbocycles. The first-order chi connectivity index (χ1) is 9.24. The Kier molecular flexibility index (Phi) is 3.61. The summed E-state index contributed by atoms with van der Waals surface area (Å²) in [7, 11) is 0. The Labute approximate surface area is 120 Å². The van der Waals surface area contributed by atoms with E-state index in [1.54, 1.807) is 23.0 Å². The van der Waals surface area contributed by atoms with Crippen molar-refractivity contribution in [2.45, 2.75) is 25.7 Å². The Morgan fingerprint density at radius 1 is 1.47 bits per heavy atom. The predicted molar refractivity (Wildman–Crippen MR) is 76.8 cm³/mol. The highest BCUT2D eigenvalue weighted by Crippen LogP contribution is 2.30. The third-order valence-corrected chi connectivity index (χ3v) is 5.22. The van der Waals surface area contributed by atoms with Crippen molar-refractivity contribution in [1.29, 1.82) is 0 Å². The number of aromatic nitrogens is 2. The average Bonchev–Trinajstić information content (AvgIpc) is 3.09. The molecule has 0 unspecified atom stereocenters. The van der Waals surface area contributed by atoms with E-state index in [0.29, 0.717) is 5.92 Å². The normalized spacial score (nSPS) is 19.6. The largest absolute Gasteiger partial charge is 0.337 e. The first-order valence-electron chi connectivity index (χ1n) is 6.34. The van der Waals surface area contributed by atoms with Crippen LogP contribution in [0.25, 0.3) is 0 Å². The van der Waals surface area contributed by atoms with E-state index in [-0.39, 0.29) is 5.91 Å². The van der Waals surface area contributed by atoms with Crippen molar-refractivity contribution in [2.24, 2.45) is 0 Å². The molecule has 0 saturated carbocycles. The lowest BCUT2D eigenvalue weighted by Crippen LogP contribution is -2.38. The molecule has 1 aliphatic rings. The van der Waals surface area contributed by atoms with Gasteiger partial charge in [-0.3, -0.25) is 9.78 Å². The maximum absolute atomic E-state index is 12.3. The Balaban J connectivity index is 1.73. The maximum atomic E-state index is 12.3. The monoisotopic (exact) mass is 293 g/mol. The summed E-state index contributed by atoms with van der Waals surface area (Å²) in [4.78, 5) is 23.5. The van der Waals surface area contributed by atoms with E-state index in [0.717, 1.165) is 36.5 Å². The molecule has 1 fully saturated rings. The van der Waals surface area contributed by atoms with Crippen LogP contribution in [0.15, 0.2) is 17.1 Å². The summed E-state index contributed by atoms with van der Waals surface area (Å²) in [6.45, 7) is 3.64. The Hall–Kier alpha value is -1.27. The van der Waals surface area contributed by atoms with E-state index >= 15 is 0 Å². The van der Waals surface area contributed by atoms with Crippen LogP contribution in [0.5, 0.6) is 0 Å². The van der Waals surface area contributed by atoms with Crippen LogP contribution < -0.4 is 0 Å². The fourth-order valence-corrected chi connectivity index (χ4v) is 3.91. The first kappa shape index (κ1) is 12.7. The molecule has 0 spiro atoms. The van der Waals surface area contributed by atoms with Gasteiger partial charge in [0.1, 0.15) is 4.88 Å². The van der Waals surface area contributed by atoms with Gasteiger partial charge in [0.15, 0.2) is 0 Å². The molecule has 6 heteroatoms. The van der Waals surface area contributed by atoms with Gasteiger partial charge in [-0.15, -0.1) is 22.7 Å². The number of nitrogens with zero attached hydrogens (tertiary/aromatic N) is 3. The molecule has 1 atom stereocenters. The smallest absolute Gasteiger partial charge is 0.265 e. The second kappa shape index (κ2) is 5.38. The molecular weight excluding hydrogens is 278 g/mol. The molecule has 1 aliphatic heterocycles. The van der Waals surface area contributed by atoms with Crippen LogP contribution >= 0.6 is 22.7 Å². The molecular formula is C13H15N3OS2. The van der Waals surface area contributed by atoms with E-state index in [2.05, 4.69) is 15.3 Å². The van der Waals surface area contributed by atoms with Crippen molar-refractivity contribution in [3.05, 3.63) is 32.7 Å². The molecule has 3 heterocycles. The van der Waals surface area contributed by atoms with Crippen molar-refractivity contribution in [3.8, 4) is 0 Å². The molecule has 2 aromatic rings. The second-order valence-electron chi connectivity index (χ2n) is 4.78. The van der Waals surface area contributed by atoms with Gasteiger partial charge in [0.2, 0.25) is 0 Å². The molecule has 1 saturated heterocycles. The number of hydrogen-bond donors (Lipinski definition) is 0. The van der Waals surface area contributed by atoms with Gasteiger partial charge in [0, 0.05) is 30.1 Å². The van der Waals surface area contributed by atoms with Crippen molar-refractivity contribution >= 4 is 28.6 Å². The number of piperidine rings is 1. The van der Waals surface area contributed by atoms with Crippen molar-refractivity contribution < 1.29 is 4.79 Å². The molecule has 0 radical (unpaired) electrons. The Morgan fingerprint density at radius 3 is 3.05 bits per heavy atom. The molecule has 4 nitrogen and oxygen atoms in total. The third-order valence-electron chi connectivity index (χ3n) is 3.34. The van der Waals surface area contributed by atoms with E-state index in [1.165, 1.54) is 16.3 Å². The van der Waals surface area contributed by atoms with Crippen LogP contribution in [0.2, 0.25) is 0 Å². The molecule has 0 bridgehead atoms. The molecule has 3 rings (SSSR count). The standard InChI is InChI=1S/C13H15N3OS2/c1-9-7-18-12(15-9)10-3-2-4-16(6-10)13(17)11-5-14-8-19-11/h5,7-8,10H,2-4,6H2,1H3/t10-/m0/s1. The molecule has 19 heavy (non-hydrogen) atoms. The summed E-state index contributed by atoms with van der Waals surface area (Å²) in [5.74, 6) is 0.504. The van der Waals surface area contributed by atoms with Crippen LogP contribution in [0.1, 0.15) is 39.1 Å². The molecule has 2 aromatic heterocycles. The minimum Gasteiger partial charge on any atom is -0.337 e. The van der Waals surface area contributed by atoms with E-state index < -0.39 is 0 Å². The van der Waals surface area contributed by atoms with Crippen LogP contribution in [-0.4, -0.2) is 33.9 Å². The minimum absolute atomic E-state index is 0.112. The summed E-state index contributed by atoms with van der Waals surface area (Å²) in [6.07, 6.45) is 3.83. The summed E-state index contributed by atoms with van der Waals surface area (Å²) in [6, 6.07) is 0. The summed E-state index contributed by atoms with van der Waals surface area (Å²) in [5, 5.41) is 3.25. The van der Waals surface area contributed by atoms with Crippen LogP contribution in [0.4, 0.5) is 0 Å². The number of carbonyl (C=O) groups is 1. The van der Waals surface area contributed by atoms with Crippen molar-refractivity contribution in [2.75, 3.05) is 13.1 Å². The number of amides is 1. The molecule has 100 valence electrons.